The molecule has 3 heteroatoms. The van der Waals surface area contributed by atoms with Gasteiger partial charge in [-0.05, 0) is 134 Å². The minimum Gasteiger partial charge on any atom is -0.456 e. The van der Waals surface area contributed by atoms with E-state index in [0.717, 1.165) is 44.7 Å². The van der Waals surface area contributed by atoms with E-state index >= 15 is 0 Å². The highest BCUT2D eigenvalue weighted by atomic mass is 16.3. The van der Waals surface area contributed by atoms with Gasteiger partial charge in [-0.25, -0.2) is 0 Å². The molecule has 316 valence electrons. The van der Waals surface area contributed by atoms with Gasteiger partial charge in [0.15, 0.2) is 0 Å². The maximum atomic E-state index is 6.49. The molecule has 0 amide bonds. The molecule has 2 aliphatic carbocycles. The third-order valence-electron chi connectivity index (χ3n) is 15.0. The average Bonchev–Trinajstić information content (AvgIpc) is 3.99. The van der Waals surface area contributed by atoms with Gasteiger partial charge in [-0.2, -0.15) is 0 Å². The van der Waals surface area contributed by atoms with E-state index < -0.39 is 5.41 Å². The van der Waals surface area contributed by atoms with Crippen LogP contribution in [0.5, 0.6) is 0 Å². The van der Waals surface area contributed by atoms with E-state index in [4.69, 9.17) is 4.42 Å². The van der Waals surface area contributed by atoms with E-state index in [1.807, 2.05) is 6.07 Å². The van der Waals surface area contributed by atoms with Gasteiger partial charge in [-0.15, -0.1) is 0 Å². The number of hydrogen-bond donors (Lipinski definition) is 0. The van der Waals surface area contributed by atoms with Crippen molar-refractivity contribution in [3.05, 3.63) is 264 Å². The zero-order valence-electron chi connectivity index (χ0n) is 37.2. The molecule has 67 heavy (non-hydrogen) atoms. The van der Waals surface area contributed by atoms with Crippen LogP contribution in [0.1, 0.15) is 47.2 Å². The molecule has 11 aromatic rings. The number of nitrogens with zero attached hydrogens (tertiary/aromatic N) is 2. The largest absolute Gasteiger partial charge is 0.456 e. The van der Waals surface area contributed by atoms with Crippen LogP contribution in [0, 0.1) is 0 Å². The number of rotatable bonds is 6. The van der Waals surface area contributed by atoms with Crippen molar-refractivity contribution in [3.63, 3.8) is 0 Å². The van der Waals surface area contributed by atoms with Crippen LogP contribution in [0.4, 0.5) is 34.1 Å². The van der Waals surface area contributed by atoms with Gasteiger partial charge >= 0.3 is 0 Å². The molecular weight excluding hydrogens is 813 g/mol. The van der Waals surface area contributed by atoms with Gasteiger partial charge in [0.1, 0.15) is 11.2 Å². The lowest BCUT2D eigenvalue weighted by Gasteiger charge is -2.44. The quantitative estimate of drug-likeness (QED) is 0.166. The summed E-state index contributed by atoms with van der Waals surface area (Å²) in [7, 11) is 0. The van der Waals surface area contributed by atoms with Crippen LogP contribution in [0.2, 0.25) is 0 Å². The summed E-state index contributed by atoms with van der Waals surface area (Å²) in [6, 6.07) is 85.0. The van der Waals surface area contributed by atoms with Gasteiger partial charge < -0.3 is 14.2 Å². The highest BCUT2D eigenvalue weighted by Gasteiger charge is 2.52. The number of furan rings is 1. The predicted octanol–water partition coefficient (Wildman–Crippen LogP) is 17.2. The molecule has 1 aromatic heterocycles. The third-order valence-corrected chi connectivity index (χ3v) is 15.0. The van der Waals surface area contributed by atoms with Crippen LogP contribution in [0.15, 0.2) is 235 Å². The molecular formula is C64H44N2O. The maximum Gasteiger partial charge on any atom is 0.137 e. The standard InChI is InChI=1S/C64H44N2O/c1-63(2)54-23-11-9-20-48(54)49-36-33-46(39-56(49)63)65(47-34-37-52-51-21-10-14-27-60(51)67-61(52)40-47)45-31-28-41(29-32-45)42-30-35-50-53-22-15-26-59-62(53)64(57(50)38-42,43-16-5-3-6-17-43)55-24-12-13-25-58(55)66(59)44-18-7-4-8-19-44/h3-40H,1-2H3. The number of para-hydroxylation sites is 3. The third kappa shape index (κ3) is 5.28. The zero-order valence-corrected chi connectivity index (χ0v) is 37.2. The number of fused-ring (bicyclic) bond motifs is 11. The average molecular weight is 857 g/mol. The van der Waals surface area contributed by atoms with Crippen molar-refractivity contribution in [1.82, 2.24) is 0 Å². The second-order valence-electron chi connectivity index (χ2n) is 18.8. The summed E-state index contributed by atoms with van der Waals surface area (Å²) in [5, 5.41) is 2.25. The Kier molecular flexibility index (Phi) is 7.95. The topological polar surface area (TPSA) is 19.6 Å². The molecule has 2 heterocycles. The van der Waals surface area contributed by atoms with E-state index in [0.29, 0.717) is 0 Å². The Morgan fingerprint density at radius 3 is 1.84 bits per heavy atom. The van der Waals surface area contributed by atoms with Gasteiger partial charge in [0.05, 0.1) is 16.8 Å². The summed E-state index contributed by atoms with van der Waals surface area (Å²) >= 11 is 0. The highest BCUT2D eigenvalue weighted by Crippen LogP contribution is 2.65. The minimum absolute atomic E-state index is 0.135. The highest BCUT2D eigenvalue weighted by molar-refractivity contribution is 6.06. The summed E-state index contributed by atoms with van der Waals surface area (Å²) in [4.78, 5) is 4.85. The number of benzene rings is 10. The summed E-state index contributed by atoms with van der Waals surface area (Å²) in [5.74, 6) is 0. The van der Waals surface area contributed by atoms with Crippen LogP contribution in [-0.2, 0) is 10.8 Å². The van der Waals surface area contributed by atoms with Crippen molar-refractivity contribution < 1.29 is 4.42 Å². The van der Waals surface area contributed by atoms with E-state index in [1.165, 1.54) is 78.1 Å². The Hall–Kier alpha value is -8.40. The number of hydrogen-bond acceptors (Lipinski definition) is 3. The predicted molar refractivity (Wildman–Crippen MR) is 277 cm³/mol. The fourth-order valence-electron chi connectivity index (χ4n) is 12.1. The van der Waals surface area contributed by atoms with Crippen molar-refractivity contribution in [1.29, 1.82) is 0 Å². The molecule has 0 spiro atoms. The second kappa shape index (κ2) is 14.1. The lowest BCUT2D eigenvalue weighted by Crippen LogP contribution is -2.35. The minimum atomic E-state index is -0.520. The molecule has 1 atom stereocenters. The molecule has 0 saturated carbocycles. The summed E-state index contributed by atoms with van der Waals surface area (Å²) < 4.78 is 6.49. The van der Waals surface area contributed by atoms with Crippen LogP contribution < -0.4 is 9.80 Å². The van der Waals surface area contributed by atoms with Crippen molar-refractivity contribution in [3.8, 4) is 33.4 Å². The van der Waals surface area contributed by atoms with Crippen LogP contribution in [0.3, 0.4) is 0 Å². The van der Waals surface area contributed by atoms with Crippen molar-refractivity contribution >= 4 is 56.1 Å². The Morgan fingerprint density at radius 2 is 0.985 bits per heavy atom. The van der Waals surface area contributed by atoms with E-state index in [1.54, 1.807) is 0 Å². The normalized spacial score (nSPS) is 15.8. The van der Waals surface area contributed by atoms with Gasteiger partial charge in [-0.1, -0.05) is 166 Å². The Labute approximate surface area is 390 Å². The molecule has 0 fully saturated rings. The summed E-state index contributed by atoms with van der Waals surface area (Å²) in [6.07, 6.45) is 0. The molecule has 1 aliphatic heterocycles. The smallest absolute Gasteiger partial charge is 0.137 e. The molecule has 10 aromatic carbocycles. The molecule has 3 aliphatic rings. The molecule has 3 nitrogen and oxygen atoms in total. The molecule has 0 N–H and O–H groups in total. The Bertz CT molecular complexity index is 3790. The fourth-order valence-corrected chi connectivity index (χ4v) is 12.1. The summed E-state index contributed by atoms with van der Waals surface area (Å²) in [5.41, 5.74) is 23.4. The fraction of sp³-hybridized carbons (Fsp3) is 0.0625. The first-order valence-electron chi connectivity index (χ1n) is 23.3. The van der Waals surface area contributed by atoms with Gasteiger partial charge in [0.25, 0.3) is 0 Å². The molecule has 14 rings (SSSR count). The molecule has 0 radical (unpaired) electrons. The lowest BCUT2D eigenvalue weighted by atomic mass is 9.64. The van der Waals surface area contributed by atoms with Gasteiger partial charge in [0, 0.05) is 50.6 Å². The Morgan fingerprint density at radius 1 is 0.388 bits per heavy atom. The van der Waals surface area contributed by atoms with Crippen molar-refractivity contribution in [2.75, 3.05) is 9.80 Å². The Balaban J connectivity index is 0.925. The van der Waals surface area contributed by atoms with E-state index in [-0.39, 0.29) is 5.41 Å². The first-order chi connectivity index (χ1) is 33.0. The molecule has 0 saturated heterocycles. The van der Waals surface area contributed by atoms with E-state index in [2.05, 4.69) is 248 Å². The van der Waals surface area contributed by atoms with Gasteiger partial charge in [-0.3, -0.25) is 0 Å². The zero-order chi connectivity index (χ0) is 44.4. The first kappa shape index (κ1) is 37.9. The maximum absolute atomic E-state index is 6.49. The van der Waals surface area contributed by atoms with E-state index in [9.17, 15) is 0 Å². The lowest BCUT2D eigenvalue weighted by molar-refractivity contribution is 0.660. The molecule has 1 unspecified atom stereocenters. The van der Waals surface area contributed by atoms with Gasteiger partial charge in [0.2, 0.25) is 0 Å². The summed E-state index contributed by atoms with van der Waals surface area (Å²) in [6.45, 7) is 4.70. The monoisotopic (exact) mass is 856 g/mol. The van der Waals surface area contributed by atoms with Crippen molar-refractivity contribution in [2.45, 2.75) is 24.7 Å². The van der Waals surface area contributed by atoms with Crippen LogP contribution >= 0.6 is 0 Å². The van der Waals surface area contributed by atoms with Crippen LogP contribution in [-0.4, -0.2) is 0 Å². The molecule has 0 bridgehead atoms. The van der Waals surface area contributed by atoms with Crippen molar-refractivity contribution in [2.24, 2.45) is 0 Å². The first-order valence-corrected chi connectivity index (χ1v) is 23.3. The second-order valence-corrected chi connectivity index (χ2v) is 18.8. The van der Waals surface area contributed by atoms with Crippen LogP contribution in [0.25, 0.3) is 55.3 Å². The SMILES string of the molecule is CC1(C)c2ccccc2-c2ccc(N(c3ccc(-c4ccc5c(c4)C4(c6ccccc6)c6ccccc6N(c6ccccc6)c6cccc-5c64)cc3)c3ccc4c(c3)oc3ccccc34)cc21. The number of anilines is 6.